The Morgan fingerprint density at radius 2 is 0.955 bits per heavy atom. The van der Waals surface area contributed by atoms with Gasteiger partial charge in [0.2, 0.25) is 0 Å². The monoisotopic (exact) mass is 619 g/mol. The molecule has 6 heteroatoms. The van der Waals surface area contributed by atoms with Crippen molar-refractivity contribution in [3.63, 3.8) is 0 Å². The molecule has 44 heavy (non-hydrogen) atoms. The minimum atomic E-state index is -0.971. The van der Waals surface area contributed by atoms with E-state index in [2.05, 4.69) is 28.5 Å². The van der Waals surface area contributed by atoms with Gasteiger partial charge in [0.05, 0.1) is 5.69 Å². The Morgan fingerprint density at radius 3 is 1.27 bits per heavy atom. The lowest BCUT2D eigenvalue weighted by Crippen LogP contribution is -2.35. The van der Waals surface area contributed by atoms with Gasteiger partial charge in [-0.1, -0.05) is 181 Å². The minimum Gasteiger partial charge on any atom is -0.480 e. The molecule has 1 aromatic heterocycles. The molecule has 0 spiro atoms. The fourth-order valence-electron chi connectivity index (χ4n) is 6.25. The van der Waals surface area contributed by atoms with Crippen LogP contribution < -0.4 is 10.7 Å². The van der Waals surface area contributed by atoms with Crippen LogP contribution in [0.3, 0.4) is 0 Å². The fraction of sp³-hybridized carbons (Fsp3) is 0.895. The molecule has 0 aromatic carbocycles. The zero-order valence-electron chi connectivity index (χ0n) is 29.4. The lowest BCUT2D eigenvalue weighted by Gasteiger charge is -2.25. The second-order valence-corrected chi connectivity index (χ2v) is 13.5. The van der Waals surface area contributed by atoms with E-state index in [9.17, 15) is 9.90 Å². The highest BCUT2D eigenvalue weighted by Gasteiger charge is 2.15. The number of rotatable bonds is 34. The van der Waals surface area contributed by atoms with Crippen LogP contribution in [0.4, 0.5) is 0 Å². The standard InChI is InChI=1S/C38H74N4O2/c1-3-5-7-9-11-13-15-17-19-21-23-25-27-29-31-41(42-34-36(40-35-42)33-37(39)38(43)44)32-30-28-26-24-22-20-18-16-14-12-10-8-6-4-2/h34-35,37H,3-33,39H2,1-2H3,(H,43,44)/t37-/m0/s1. The molecule has 1 rings (SSSR count). The van der Waals surface area contributed by atoms with E-state index < -0.39 is 12.0 Å². The van der Waals surface area contributed by atoms with Crippen molar-refractivity contribution in [1.82, 2.24) is 9.66 Å². The van der Waals surface area contributed by atoms with E-state index in [-0.39, 0.29) is 6.42 Å². The number of carboxylic acids is 1. The Kier molecular flexibility index (Phi) is 27.7. The average Bonchev–Trinajstić information content (AvgIpc) is 3.48. The third-order valence-electron chi connectivity index (χ3n) is 9.24. The highest BCUT2D eigenvalue weighted by atomic mass is 16.4. The fourth-order valence-corrected chi connectivity index (χ4v) is 6.25. The summed E-state index contributed by atoms with van der Waals surface area (Å²) in [7, 11) is 0. The summed E-state index contributed by atoms with van der Waals surface area (Å²) in [6, 6.07) is -0.900. The molecule has 0 radical (unpaired) electrons. The van der Waals surface area contributed by atoms with Crippen molar-refractivity contribution in [3.8, 4) is 0 Å². The summed E-state index contributed by atoms with van der Waals surface area (Å²) in [5.74, 6) is -0.971. The zero-order valence-corrected chi connectivity index (χ0v) is 29.4. The average molecular weight is 619 g/mol. The molecule has 0 unspecified atom stereocenters. The van der Waals surface area contributed by atoms with Gasteiger partial charge in [0, 0.05) is 25.7 Å². The van der Waals surface area contributed by atoms with E-state index >= 15 is 0 Å². The summed E-state index contributed by atoms with van der Waals surface area (Å²) in [5.41, 5.74) is 6.52. The number of hydrogen-bond donors (Lipinski definition) is 2. The lowest BCUT2D eigenvalue weighted by molar-refractivity contribution is -0.138. The van der Waals surface area contributed by atoms with E-state index in [1.165, 1.54) is 180 Å². The molecular formula is C38H74N4O2. The van der Waals surface area contributed by atoms with Crippen molar-refractivity contribution < 1.29 is 9.90 Å². The van der Waals surface area contributed by atoms with Gasteiger partial charge in [-0.3, -0.25) is 9.47 Å². The second kappa shape index (κ2) is 30.1. The second-order valence-electron chi connectivity index (χ2n) is 13.5. The lowest BCUT2D eigenvalue weighted by atomic mass is 10.0. The van der Waals surface area contributed by atoms with Gasteiger partial charge >= 0.3 is 5.97 Å². The molecule has 1 heterocycles. The number of carbonyl (C=O) groups is 1. The van der Waals surface area contributed by atoms with Gasteiger partial charge in [-0.15, -0.1) is 0 Å². The molecule has 1 atom stereocenters. The maximum absolute atomic E-state index is 11.2. The quantitative estimate of drug-likeness (QED) is 0.0751. The number of imidazole rings is 1. The molecule has 0 fully saturated rings. The molecular weight excluding hydrogens is 544 g/mol. The van der Waals surface area contributed by atoms with Gasteiger partial charge < -0.3 is 15.8 Å². The molecule has 0 aliphatic heterocycles. The van der Waals surface area contributed by atoms with Gasteiger partial charge in [-0.2, -0.15) is 0 Å². The van der Waals surface area contributed by atoms with E-state index in [4.69, 9.17) is 5.73 Å². The zero-order chi connectivity index (χ0) is 31.9. The molecule has 0 saturated heterocycles. The Bertz CT molecular complexity index is 721. The van der Waals surface area contributed by atoms with E-state index in [1.54, 1.807) is 0 Å². The van der Waals surface area contributed by atoms with Crippen LogP contribution in [0.2, 0.25) is 0 Å². The van der Waals surface area contributed by atoms with Gasteiger partial charge in [-0.25, -0.2) is 4.98 Å². The summed E-state index contributed by atoms with van der Waals surface area (Å²) in [6.45, 7) is 6.62. The number of nitrogens with two attached hydrogens (primary N) is 1. The minimum absolute atomic E-state index is 0.272. The topological polar surface area (TPSA) is 84.4 Å². The summed E-state index contributed by atoms with van der Waals surface area (Å²) >= 11 is 0. The Morgan fingerprint density at radius 1 is 0.636 bits per heavy atom. The molecule has 6 nitrogen and oxygen atoms in total. The van der Waals surface area contributed by atoms with E-state index in [0.29, 0.717) is 0 Å². The van der Waals surface area contributed by atoms with Crippen molar-refractivity contribution in [2.24, 2.45) is 5.73 Å². The van der Waals surface area contributed by atoms with E-state index in [1.807, 2.05) is 12.5 Å². The van der Waals surface area contributed by atoms with Crippen LogP contribution in [-0.4, -0.2) is 39.9 Å². The molecule has 3 N–H and O–H groups in total. The number of hydrogen-bond acceptors (Lipinski definition) is 4. The van der Waals surface area contributed by atoms with Gasteiger partial charge in [0.25, 0.3) is 0 Å². The SMILES string of the molecule is CCCCCCCCCCCCCCCCN(CCCCCCCCCCCCCCCC)n1cnc(C[C@H](N)C(=O)O)c1. The smallest absolute Gasteiger partial charge is 0.320 e. The third kappa shape index (κ3) is 23.8. The van der Waals surface area contributed by atoms with Gasteiger partial charge in [-0.05, 0) is 12.8 Å². The first-order valence-corrected chi connectivity index (χ1v) is 19.3. The molecule has 0 bridgehead atoms. The first-order valence-electron chi connectivity index (χ1n) is 19.3. The van der Waals surface area contributed by atoms with Crippen LogP contribution in [0.15, 0.2) is 12.5 Å². The van der Waals surface area contributed by atoms with E-state index in [0.717, 1.165) is 18.8 Å². The number of aliphatic carboxylic acids is 1. The van der Waals surface area contributed by atoms with Crippen LogP contribution in [0, 0.1) is 0 Å². The molecule has 0 aliphatic rings. The van der Waals surface area contributed by atoms with Crippen molar-refractivity contribution in [3.05, 3.63) is 18.2 Å². The first-order chi connectivity index (χ1) is 21.6. The Labute approximate surface area is 273 Å². The number of unbranched alkanes of at least 4 members (excludes halogenated alkanes) is 26. The maximum Gasteiger partial charge on any atom is 0.320 e. The largest absolute Gasteiger partial charge is 0.480 e. The van der Waals surface area contributed by atoms with Gasteiger partial charge in [0.1, 0.15) is 12.4 Å². The number of aromatic nitrogens is 2. The van der Waals surface area contributed by atoms with Crippen molar-refractivity contribution in [1.29, 1.82) is 0 Å². The van der Waals surface area contributed by atoms with Gasteiger partial charge in [0.15, 0.2) is 0 Å². The molecule has 0 aliphatic carbocycles. The summed E-state index contributed by atoms with van der Waals surface area (Å²) < 4.78 is 2.09. The highest BCUT2D eigenvalue weighted by molar-refractivity contribution is 5.73. The summed E-state index contributed by atoms with van der Waals surface area (Å²) in [5, 5.41) is 11.6. The van der Waals surface area contributed by atoms with Crippen LogP contribution in [0.1, 0.15) is 199 Å². The predicted octanol–water partition coefficient (Wildman–Crippen LogP) is 10.7. The maximum atomic E-state index is 11.2. The van der Waals surface area contributed by atoms with Crippen LogP contribution in [0.5, 0.6) is 0 Å². The van der Waals surface area contributed by atoms with Crippen LogP contribution in [0.25, 0.3) is 0 Å². The predicted molar refractivity (Wildman–Crippen MR) is 190 cm³/mol. The highest BCUT2D eigenvalue weighted by Crippen LogP contribution is 2.15. The normalized spacial score (nSPS) is 12.2. The van der Waals surface area contributed by atoms with Crippen molar-refractivity contribution in [2.75, 3.05) is 18.1 Å². The molecule has 0 amide bonds. The summed E-state index contributed by atoms with van der Waals surface area (Å²) in [4.78, 5) is 15.7. The Hall–Kier alpha value is -1.56. The third-order valence-corrected chi connectivity index (χ3v) is 9.24. The van der Waals surface area contributed by atoms with Crippen LogP contribution >= 0.6 is 0 Å². The number of carboxylic acid groups (broad SMARTS) is 1. The van der Waals surface area contributed by atoms with Crippen molar-refractivity contribution >= 4 is 5.97 Å². The van der Waals surface area contributed by atoms with Crippen LogP contribution in [-0.2, 0) is 11.2 Å². The Balaban J connectivity index is 2.22. The first kappa shape index (κ1) is 40.5. The molecule has 1 aromatic rings. The van der Waals surface area contributed by atoms with Crippen molar-refractivity contribution in [2.45, 2.75) is 206 Å². The summed E-state index contributed by atoms with van der Waals surface area (Å²) in [6.07, 6.45) is 42.6. The number of nitrogens with zero attached hydrogens (tertiary/aromatic N) is 3. The molecule has 258 valence electrons. The molecule has 0 saturated carbocycles.